The first-order valence-electron chi connectivity index (χ1n) is 3.48. The van der Waals surface area contributed by atoms with Gasteiger partial charge in [0.05, 0.1) is 12.7 Å². The van der Waals surface area contributed by atoms with Crippen molar-refractivity contribution in [3.8, 4) is 0 Å². The molecule has 2 nitrogen and oxygen atoms in total. The Hall–Kier alpha value is 0.0300. The van der Waals surface area contributed by atoms with E-state index < -0.39 is 0 Å². The highest BCUT2D eigenvalue weighted by Gasteiger charge is 2.20. The quantitative estimate of drug-likeness (QED) is 0.347. The van der Waals surface area contributed by atoms with Gasteiger partial charge in [0.1, 0.15) is 0 Å². The van der Waals surface area contributed by atoms with Crippen LogP contribution in [-0.4, -0.2) is 17.0 Å². The molecule has 0 fully saturated rings. The monoisotopic (exact) mass is 296 g/mol. The predicted octanol–water partition coefficient (Wildman–Crippen LogP) is 2.11. The number of ether oxygens (including phenoxy) is 1. The number of carbonyl (C=O) groups is 1. The standard InChI is InChI=1S/C8H9IO2S/c1-11-8(10)6-4-5(12)2-3-7(6)9/h2,4,7,12H,3H2,1H3. The number of carbonyl (C=O) groups excluding carboxylic acids is 1. The molecule has 0 spiro atoms. The largest absolute Gasteiger partial charge is 0.466 e. The number of methoxy groups -OCH3 is 1. The fourth-order valence-electron chi connectivity index (χ4n) is 0.965. The summed E-state index contributed by atoms with van der Waals surface area (Å²) in [5.74, 6) is -0.256. The van der Waals surface area contributed by atoms with Gasteiger partial charge in [0.2, 0.25) is 0 Å². The number of hydrogen-bond acceptors (Lipinski definition) is 3. The molecule has 12 heavy (non-hydrogen) atoms. The Kier molecular flexibility index (Phi) is 3.64. The molecule has 0 radical (unpaired) electrons. The molecular formula is C8H9IO2S. The second-order valence-electron chi connectivity index (χ2n) is 2.42. The van der Waals surface area contributed by atoms with E-state index in [0.717, 1.165) is 11.3 Å². The molecule has 0 bridgehead atoms. The van der Waals surface area contributed by atoms with Gasteiger partial charge in [0.25, 0.3) is 0 Å². The van der Waals surface area contributed by atoms with Gasteiger partial charge in [-0.15, -0.1) is 12.6 Å². The predicted molar refractivity (Wildman–Crippen MR) is 59.6 cm³/mol. The minimum atomic E-state index is -0.256. The van der Waals surface area contributed by atoms with Crippen LogP contribution >= 0.6 is 35.2 Å². The summed E-state index contributed by atoms with van der Waals surface area (Å²) in [5, 5.41) is 0. The molecule has 0 saturated heterocycles. The van der Waals surface area contributed by atoms with Gasteiger partial charge in [-0.05, 0) is 12.5 Å². The van der Waals surface area contributed by atoms with Crippen LogP contribution in [0.4, 0.5) is 0 Å². The van der Waals surface area contributed by atoms with Gasteiger partial charge in [0.15, 0.2) is 0 Å². The molecule has 1 aliphatic rings. The van der Waals surface area contributed by atoms with Crippen LogP contribution in [-0.2, 0) is 9.53 Å². The molecule has 66 valence electrons. The average Bonchev–Trinajstić information content (AvgIpc) is 2.08. The highest BCUT2D eigenvalue weighted by Crippen LogP contribution is 2.26. The van der Waals surface area contributed by atoms with Crippen LogP contribution in [0.25, 0.3) is 0 Å². The van der Waals surface area contributed by atoms with Gasteiger partial charge in [-0.3, -0.25) is 0 Å². The van der Waals surface area contributed by atoms with Gasteiger partial charge >= 0.3 is 5.97 Å². The van der Waals surface area contributed by atoms with Crippen molar-refractivity contribution in [3.63, 3.8) is 0 Å². The zero-order valence-corrected chi connectivity index (χ0v) is 9.63. The maximum absolute atomic E-state index is 11.2. The topological polar surface area (TPSA) is 26.3 Å². The van der Waals surface area contributed by atoms with Gasteiger partial charge in [-0.2, -0.15) is 0 Å². The molecule has 0 N–H and O–H groups in total. The van der Waals surface area contributed by atoms with Crippen LogP contribution in [0.3, 0.4) is 0 Å². The van der Waals surface area contributed by atoms with E-state index in [0.29, 0.717) is 5.57 Å². The highest BCUT2D eigenvalue weighted by molar-refractivity contribution is 14.1. The number of allylic oxidation sites excluding steroid dienone is 2. The minimum absolute atomic E-state index is 0.214. The first-order chi connectivity index (χ1) is 5.65. The van der Waals surface area contributed by atoms with Crippen LogP contribution in [0.15, 0.2) is 22.6 Å². The normalized spacial score (nSPS) is 22.8. The molecule has 0 amide bonds. The van der Waals surface area contributed by atoms with Gasteiger partial charge in [-0.1, -0.05) is 28.7 Å². The Morgan fingerprint density at radius 2 is 2.50 bits per heavy atom. The second kappa shape index (κ2) is 4.32. The third-order valence-electron chi connectivity index (χ3n) is 1.60. The van der Waals surface area contributed by atoms with Crippen molar-refractivity contribution in [2.75, 3.05) is 7.11 Å². The van der Waals surface area contributed by atoms with E-state index in [-0.39, 0.29) is 9.89 Å². The fraction of sp³-hybridized carbons (Fsp3) is 0.375. The van der Waals surface area contributed by atoms with Crippen molar-refractivity contribution < 1.29 is 9.53 Å². The number of hydrogen-bond donors (Lipinski definition) is 1. The smallest absolute Gasteiger partial charge is 0.334 e. The Morgan fingerprint density at radius 1 is 1.83 bits per heavy atom. The van der Waals surface area contributed by atoms with Crippen LogP contribution in [0.5, 0.6) is 0 Å². The van der Waals surface area contributed by atoms with E-state index in [2.05, 4.69) is 40.0 Å². The maximum Gasteiger partial charge on any atom is 0.334 e. The number of alkyl halides is 1. The molecule has 1 rings (SSSR count). The van der Waals surface area contributed by atoms with Crippen molar-refractivity contribution in [2.45, 2.75) is 10.3 Å². The van der Waals surface area contributed by atoms with Crippen LogP contribution in [0.1, 0.15) is 6.42 Å². The minimum Gasteiger partial charge on any atom is -0.466 e. The molecule has 0 heterocycles. The Labute approximate surface area is 90.6 Å². The summed E-state index contributed by atoms with van der Waals surface area (Å²) < 4.78 is 4.85. The van der Waals surface area contributed by atoms with E-state index in [9.17, 15) is 4.79 Å². The fourth-order valence-corrected chi connectivity index (χ4v) is 1.90. The van der Waals surface area contributed by atoms with Crippen LogP contribution in [0, 0.1) is 0 Å². The first kappa shape index (κ1) is 10.1. The summed E-state index contributed by atoms with van der Waals surface area (Å²) >= 11 is 6.39. The third kappa shape index (κ3) is 2.26. The average molecular weight is 296 g/mol. The van der Waals surface area contributed by atoms with E-state index in [1.54, 1.807) is 6.08 Å². The third-order valence-corrected chi connectivity index (χ3v) is 3.09. The van der Waals surface area contributed by atoms with Gasteiger partial charge in [-0.25, -0.2) is 4.79 Å². The lowest BCUT2D eigenvalue weighted by atomic mass is 10.1. The summed E-state index contributed by atoms with van der Waals surface area (Å²) in [6, 6.07) is 0. The summed E-state index contributed by atoms with van der Waals surface area (Å²) in [7, 11) is 1.39. The summed E-state index contributed by atoms with van der Waals surface area (Å²) in [6.45, 7) is 0. The molecule has 0 aromatic rings. The zero-order chi connectivity index (χ0) is 9.14. The SMILES string of the molecule is COC(=O)C1=CC(S)=CCC1I. The maximum atomic E-state index is 11.2. The van der Waals surface area contributed by atoms with Crippen LogP contribution < -0.4 is 0 Å². The Morgan fingerprint density at radius 3 is 3.08 bits per heavy atom. The van der Waals surface area contributed by atoms with Crippen molar-refractivity contribution in [1.29, 1.82) is 0 Å². The summed E-state index contributed by atoms with van der Waals surface area (Å²) in [6.07, 6.45) is 4.60. The van der Waals surface area contributed by atoms with Crippen molar-refractivity contribution in [1.82, 2.24) is 0 Å². The molecule has 1 aliphatic carbocycles. The highest BCUT2D eigenvalue weighted by atomic mass is 127. The van der Waals surface area contributed by atoms with E-state index in [4.69, 9.17) is 0 Å². The first-order valence-corrected chi connectivity index (χ1v) is 5.17. The van der Waals surface area contributed by atoms with Crippen molar-refractivity contribution >= 4 is 41.2 Å². The molecule has 4 heteroatoms. The molecule has 1 atom stereocenters. The molecule has 0 aliphatic heterocycles. The van der Waals surface area contributed by atoms with Gasteiger partial charge < -0.3 is 4.74 Å². The second-order valence-corrected chi connectivity index (χ2v) is 4.44. The van der Waals surface area contributed by atoms with Crippen molar-refractivity contribution in [3.05, 3.63) is 22.6 Å². The van der Waals surface area contributed by atoms with Crippen molar-refractivity contribution in [2.24, 2.45) is 0 Å². The Bertz CT molecular complexity index is 258. The van der Waals surface area contributed by atoms with E-state index in [1.165, 1.54) is 7.11 Å². The molecule has 0 saturated carbocycles. The number of thiol groups is 1. The van der Waals surface area contributed by atoms with E-state index in [1.807, 2.05) is 6.08 Å². The summed E-state index contributed by atoms with van der Waals surface area (Å²) in [5.41, 5.74) is 0.700. The van der Waals surface area contributed by atoms with Crippen LogP contribution in [0.2, 0.25) is 0 Å². The molecule has 0 aromatic heterocycles. The number of rotatable bonds is 1. The lowest BCUT2D eigenvalue weighted by Gasteiger charge is -2.14. The number of esters is 1. The van der Waals surface area contributed by atoms with E-state index >= 15 is 0 Å². The summed E-state index contributed by atoms with van der Waals surface area (Å²) in [4.78, 5) is 12.0. The molecular weight excluding hydrogens is 287 g/mol. The molecule has 1 unspecified atom stereocenters. The number of halogens is 1. The zero-order valence-electron chi connectivity index (χ0n) is 6.58. The molecule has 0 aromatic carbocycles. The lowest BCUT2D eigenvalue weighted by molar-refractivity contribution is -0.136. The Balaban J connectivity index is 2.85. The lowest BCUT2D eigenvalue weighted by Crippen LogP contribution is -2.16. The van der Waals surface area contributed by atoms with Gasteiger partial charge in [0, 0.05) is 8.83 Å².